The molecule has 1 rings (SSSR count). The van der Waals surface area contributed by atoms with Gasteiger partial charge in [-0.15, -0.1) is 0 Å². The van der Waals surface area contributed by atoms with Crippen molar-refractivity contribution in [3.8, 4) is 0 Å². The Hall–Kier alpha value is -0.120. The summed E-state index contributed by atoms with van der Waals surface area (Å²) in [5.41, 5.74) is 6.54. The minimum Gasteiger partial charge on any atom is -0.379 e. The first kappa shape index (κ1) is 16.9. The van der Waals surface area contributed by atoms with Gasteiger partial charge in [-0.3, -0.25) is 0 Å². The van der Waals surface area contributed by atoms with Crippen molar-refractivity contribution in [1.82, 2.24) is 0 Å². The minimum absolute atomic E-state index is 0.198. The third kappa shape index (κ3) is 6.24. The quantitative estimate of drug-likeness (QED) is 0.754. The minimum atomic E-state index is 0.198. The molecule has 3 unspecified atom stereocenters. The Morgan fingerprint density at radius 2 is 1.84 bits per heavy atom. The topological polar surface area (TPSA) is 44.5 Å². The second-order valence-corrected chi connectivity index (χ2v) is 7.42. The maximum Gasteiger partial charge on any atom is 0.0729 e. The van der Waals surface area contributed by atoms with E-state index in [1.54, 1.807) is 0 Å². The first-order chi connectivity index (χ1) is 8.80. The molecule has 1 aliphatic carbocycles. The zero-order valence-electron chi connectivity index (χ0n) is 13.4. The molecule has 1 aliphatic rings. The van der Waals surface area contributed by atoms with Crippen molar-refractivity contribution in [3.05, 3.63) is 0 Å². The highest BCUT2D eigenvalue weighted by Gasteiger charge is 2.34. The molecule has 0 radical (unpaired) electrons. The summed E-state index contributed by atoms with van der Waals surface area (Å²) in [4.78, 5) is 0. The summed E-state index contributed by atoms with van der Waals surface area (Å²) in [6, 6.07) is 0.198. The fourth-order valence-corrected chi connectivity index (χ4v) is 2.71. The monoisotopic (exact) mass is 271 g/mol. The molecule has 1 saturated carbocycles. The number of rotatable bonds is 6. The molecule has 0 heterocycles. The SMILES string of the molecule is CC(C)COCCOC1CC(C(C)(C)C)CCC1N. The summed E-state index contributed by atoms with van der Waals surface area (Å²) < 4.78 is 11.5. The lowest BCUT2D eigenvalue weighted by Gasteiger charge is -2.40. The normalized spacial score (nSPS) is 28.9. The fourth-order valence-electron chi connectivity index (χ4n) is 2.71. The van der Waals surface area contributed by atoms with Gasteiger partial charge >= 0.3 is 0 Å². The molecule has 114 valence electrons. The van der Waals surface area contributed by atoms with Gasteiger partial charge < -0.3 is 15.2 Å². The Balaban J connectivity index is 2.27. The smallest absolute Gasteiger partial charge is 0.0729 e. The van der Waals surface area contributed by atoms with E-state index in [9.17, 15) is 0 Å². The average Bonchev–Trinajstić information content (AvgIpc) is 2.29. The maximum atomic E-state index is 6.18. The van der Waals surface area contributed by atoms with Crippen molar-refractivity contribution in [2.45, 2.75) is 66.0 Å². The predicted molar refractivity (Wildman–Crippen MR) is 80.2 cm³/mol. The zero-order valence-corrected chi connectivity index (χ0v) is 13.4. The molecule has 1 fully saturated rings. The number of nitrogens with two attached hydrogens (primary N) is 1. The average molecular weight is 271 g/mol. The van der Waals surface area contributed by atoms with Crippen molar-refractivity contribution in [1.29, 1.82) is 0 Å². The predicted octanol–water partition coefficient (Wildman–Crippen LogP) is 3.22. The van der Waals surface area contributed by atoms with E-state index < -0.39 is 0 Å². The number of hydrogen-bond donors (Lipinski definition) is 1. The van der Waals surface area contributed by atoms with Gasteiger partial charge in [-0.05, 0) is 36.5 Å². The van der Waals surface area contributed by atoms with Crippen LogP contribution in [0, 0.1) is 17.3 Å². The van der Waals surface area contributed by atoms with E-state index >= 15 is 0 Å². The van der Waals surface area contributed by atoms with Gasteiger partial charge in [0.05, 0.1) is 19.3 Å². The van der Waals surface area contributed by atoms with Gasteiger partial charge in [-0.2, -0.15) is 0 Å². The van der Waals surface area contributed by atoms with Crippen molar-refractivity contribution in [2.75, 3.05) is 19.8 Å². The van der Waals surface area contributed by atoms with Gasteiger partial charge in [-0.1, -0.05) is 34.6 Å². The van der Waals surface area contributed by atoms with Crippen LogP contribution in [0.5, 0.6) is 0 Å². The molecular formula is C16H33NO2. The fraction of sp³-hybridized carbons (Fsp3) is 1.00. The molecule has 0 aromatic carbocycles. The lowest BCUT2D eigenvalue weighted by molar-refractivity contribution is -0.0437. The van der Waals surface area contributed by atoms with Gasteiger partial charge in [0, 0.05) is 12.6 Å². The highest BCUT2D eigenvalue weighted by molar-refractivity contribution is 4.88. The Labute approximate surface area is 119 Å². The highest BCUT2D eigenvalue weighted by Crippen LogP contribution is 2.38. The second kappa shape index (κ2) is 7.61. The third-order valence-electron chi connectivity index (χ3n) is 4.08. The van der Waals surface area contributed by atoms with Crippen LogP contribution in [0.15, 0.2) is 0 Å². The summed E-state index contributed by atoms with van der Waals surface area (Å²) in [5.74, 6) is 1.30. The standard InChI is InChI=1S/C16H33NO2/c1-12(2)11-18-8-9-19-15-10-13(16(3,4)5)6-7-14(15)17/h12-15H,6-11,17H2,1-5H3. The van der Waals surface area contributed by atoms with Crippen molar-refractivity contribution >= 4 is 0 Å². The number of hydrogen-bond acceptors (Lipinski definition) is 3. The van der Waals surface area contributed by atoms with E-state index in [0.29, 0.717) is 30.5 Å². The van der Waals surface area contributed by atoms with Crippen LogP contribution in [0.2, 0.25) is 0 Å². The van der Waals surface area contributed by atoms with Crippen LogP contribution < -0.4 is 5.73 Å². The zero-order chi connectivity index (χ0) is 14.5. The van der Waals surface area contributed by atoms with E-state index in [4.69, 9.17) is 15.2 Å². The number of ether oxygens (including phenoxy) is 2. The Morgan fingerprint density at radius 1 is 1.16 bits per heavy atom. The van der Waals surface area contributed by atoms with E-state index in [1.807, 2.05) is 0 Å². The Bertz CT molecular complexity index is 248. The van der Waals surface area contributed by atoms with Crippen molar-refractivity contribution in [2.24, 2.45) is 23.0 Å². The molecule has 0 spiro atoms. The summed E-state index contributed by atoms with van der Waals surface area (Å²) in [7, 11) is 0. The molecule has 0 amide bonds. The van der Waals surface area contributed by atoms with Crippen molar-refractivity contribution in [3.63, 3.8) is 0 Å². The molecule has 3 atom stereocenters. The summed E-state index contributed by atoms with van der Waals surface area (Å²) >= 11 is 0. The largest absolute Gasteiger partial charge is 0.379 e. The van der Waals surface area contributed by atoms with Crippen LogP contribution in [0.4, 0.5) is 0 Å². The summed E-state index contributed by atoms with van der Waals surface area (Å²) in [5, 5.41) is 0. The molecule has 0 aromatic rings. The van der Waals surface area contributed by atoms with Crippen LogP contribution in [-0.4, -0.2) is 32.0 Å². The molecule has 3 heteroatoms. The molecule has 3 nitrogen and oxygen atoms in total. The maximum absolute atomic E-state index is 6.18. The molecule has 0 aliphatic heterocycles. The van der Waals surface area contributed by atoms with Crippen LogP contribution >= 0.6 is 0 Å². The van der Waals surface area contributed by atoms with E-state index in [-0.39, 0.29) is 12.1 Å². The van der Waals surface area contributed by atoms with Gasteiger partial charge in [-0.25, -0.2) is 0 Å². The van der Waals surface area contributed by atoms with Crippen LogP contribution in [0.25, 0.3) is 0 Å². The lowest BCUT2D eigenvalue weighted by Crippen LogP contribution is -2.45. The third-order valence-corrected chi connectivity index (χ3v) is 4.08. The van der Waals surface area contributed by atoms with Gasteiger partial charge in [0.15, 0.2) is 0 Å². The first-order valence-corrected chi connectivity index (χ1v) is 7.75. The molecule has 0 saturated heterocycles. The Kier molecular flexibility index (Phi) is 6.78. The van der Waals surface area contributed by atoms with Gasteiger partial charge in [0.1, 0.15) is 0 Å². The summed E-state index contributed by atoms with van der Waals surface area (Å²) in [6.07, 6.45) is 3.61. The van der Waals surface area contributed by atoms with Crippen LogP contribution in [0.3, 0.4) is 0 Å². The Morgan fingerprint density at radius 3 is 2.42 bits per heavy atom. The molecular weight excluding hydrogens is 238 g/mol. The molecule has 2 N–H and O–H groups in total. The first-order valence-electron chi connectivity index (χ1n) is 7.75. The van der Waals surface area contributed by atoms with Crippen molar-refractivity contribution < 1.29 is 9.47 Å². The van der Waals surface area contributed by atoms with E-state index in [1.165, 1.54) is 6.42 Å². The van der Waals surface area contributed by atoms with E-state index in [0.717, 1.165) is 19.4 Å². The molecule has 19 heavy (non-hydrogen) atoms. The van der Waals surface area contributed by atoms with Crippen LogP contribution in [0.1, 0.15) is 53.9 Å². The van der Waals surface area contributed by atoms with Gasteiger partial charge in [0.2, 0.25) is 0 Å². The van der Waals surface area contributed by atoms with E-state index in [2.05, 4.69) is 34.6 Å². The van der Waals surface area contributed by atoms with Gasteiger partial charge in [0.25, 0.3) is 0 Å². The lowest BCUT2D eigenvalue weighted by atomic mass is 9.70. The second-order valence-electron chi connectivity index (χ2n) is 7.42. The highest BCUT2D eigenvalue weighted by atomic mass is 16.5. The van der Waals surface area contributed by atoms with Crippen LogP contribution in [-0.2, 0) is 9.47 Å². The molecule has 0 bridgehead atoms. The summed E-state index contributed by atoms with van der Waals surface area (Å²) in [6.45, 7) is 13.4. The molecule has 0 aromatic heterocycles.